The van der Waals surface area contributed by atoms with E-state index in [-0.39, 0.29) is 0 Å². The summed E-state index contributed by atoms with van der Waals surface area (Å²) in [6, 6.07) is 0. The van der Waals surface area contributed by atoms with E-state index in [4.69, 9.17) is 0 Å². The molecule has 2 rings (SSSR count). The van der Waals surface area contributed by atoms with Crippen molar-refractivity contribution < 1.29 is 0 Å². The third kappa shape index (κ3) is 2.45. The number of aromatic nitrogens is 2. The van der Waals surface area contributed by atoms with Crippen molar-refractivity contribution in [2.75, 3.05) is 13.1 Å². The van der Waals surface area contributed by atoms with E-state index >= 15 is 0 Å². The standard InChI is InChI=1S/C10H15N3S/c1-8-10(13-7-6-12-8)14-9-2-4-11-5-3-9/h6-7,9,11H,2-5H2,1H3. The van der Waals surface area contributed by atoms with E-state index in [1.807, 2.05) is 18.7 Å². The van der Waals surface area contributed by atoms with Gasteiger partial charge in [-0.05, 0) is 32.9 Å². The van der Waals surface area contributed by atoms with Gasteiger partial charge in [0.25, 0.3) is 0 Å². The molecule has 14 heavy (non-hydrogen) atoms. The van der Waals surface area contributed by atoms with Crippen LogP contribution in [0, 0.1) is 6.92 Å². The maximum Gasteiger partial charge on any atom is 0.117 e. The van der Waals surface area contributed by atoms with E-state index in [1.165, 1.54) is 12.8 Å². The fraction of sp³-hybridized carbons (Fsp3) is 0.600. The lowest BCUT2D eigenvalue weighted by atomic mass is 10.2. The zero-order chi connectivity index (χ0) is 9.80. The molecule has 0 atom stereocenters. The molecule has 1 aromatic rings. The predicted molar refractivity (Wildman–Crippen MR) is 58.5 cm³/mol. The SMILES string of the molecule is Cc1nccnc1SC1CCNCC1. The van der Waals surface area contributed by atoms with Crippen LogP contribution in [0.1, 0.15) is 18.5 Å². The van der Waals surface area contributed by atoms with Crippen molar-refractivity contribution in [3.8, 4) is 0 Å². The summed E-state index contributed by atoms with van der Waals surface area (Å²) in [5.41, 5.74) is 1.05. The summed E-state index contributed by atoms with van der Waals surface area (Å²) in [6.45, 7) is 4.30. The van der Waals surface area contributed by atoms with Crippen LogP contribution in [-0.4, -0.2) is 28.3 Å². The highest BCUT2D eigenvalue weighted by Crippen LogP contribution is 2.28. The lowest BCUT2D eigenvalue weighted by molar-refractivity contribution is 0.531. The van der Waals surface area contributed by atoms with Crippen LogP contribution in [0.25, 0.3) is 0 Å². The summed E-state index contributed by atoms with van der Waals surface area (Å²) in [5, 5.41) is 5.18. The number of thioether (sulfide) groups is 1. The van der Waals surface area contributed by atoms with Gasteiger partial charge in [0, 0.05) is 17.6 Å². The van der Waals surface area contributed by atoms with Gasteiger partial charge in [-0.2, -0.15) is 0 Å². The summed E-state index contributed by atoms with van der Waals surface area (Å²) < 4.78 is 0. The lowest BCUT2D eigenvalue weighted by Crippen LogP contribution is -2.29. The molecule has 4 heteroatoms. The second-order valence-electron chi connectivity index (χ2n) is 3.51. The van der Waals surface area contributed by atoms with Crippen molar-refractivity contribution in [1.29, 1.82) is 0 Å². The topological polar surface area (TPSA) is 37.8 Å². The Labute approximate surface area is 88.7 Å². The summed E-state index contributed by atoms with van der Waals surface area (Å²) in [7, 11) is 0. The van der Waals surface area contributed by atoms with E-state index in [0.29, 0.717) is 5.25 Å². The minimum atomic E-state index is 0.714. The molecule has 1 fully saturated rings. The molecule has 1 aliphatic heterocycles. The third-order valence-corrected chi connectivity index (χ3v) is 3.83. The molecule has 0 aromatic carbocycles. The molecule has 1 N–H and O–H groups in total. The normalized spacial score (nSPS) is 18.4. The first-order valence-electron chi connectivity index (χ1n) is 5.01. The maximum atomic E-state index is 4.35. The minimum absolute atomic E-state index is 0.714. The molecule has 0 aliphatic carbocycles. The Morgan fingerprint density at radius 2 is 2.00 bits per heavy atom. The van der Waals surface area contributed by atoms with Crippen LogP contribution in [0.5, 0.6) is 0 Å². The van der Waals surface area contributed by atoms with Crippen LogP contribution in [0.2, 0.25) is 0 Å². The maximum absolute atomic E-state index is 4.35. The second kappa shape index (κ2) is 4.75. The van der Waals surface area contributed by atoms with Crippen molar-refractivity contribution in [1.82, 2.24) is 15.3 Å². The van der Waals surface area contributed by atoms with Gasteiger partial charge in [0.15, 0.2) is 0 Å². The van der Waals surface area contributed by atoms with Gasteiger partial charge in [-0.25, -0.2) is 4.98 Å². The monoisotopic (exact) mass is 209 g/mol. The van der Waals surface area contributed by atoms with Gasteiger partial charge in [0.1, 0.15) is 5.03 Å². The van der Waals surface area contributed by atoms with Crippen molar-refractivity contribution in [2.24, 2.45) is 0 Å². The molecule has 76 valence electrons. The Morgan fingerprint density at radius 1 is 1.29 bits per heavy atom. The van der Waals surface area contributed by atoms with Gasteiger partial charge in [0.05, 0.1) is 5.69 Å². The van der Waals surface area contributed by atoms with E-state index in [0.717, 1.165) is 23.8 Å². The van der Waals surface area contributed by atoms with Gasteiger partial charge < -0.3 is 5.32 Å². The summed E-state index contributed by atoms with van der Waals surface area (Å²) in [4.78, 5) is 8.60. The molecule has 0 saturated carbocycles. The van der Waals surface area contributed by atoms with E-state index in [9.17, 15) is 0 Å². The Kier molecular flexibility index (Phi) is 3.37. The van der Waals surface area contributed by atoms with Crippen LogP contribution in [0.3, 0.4) is 0 Å². The van der Waals surface area contributed by atoms with Crippen molar-refractivity contribution in [3.63, 3.8) is 0 Å². The number of nitrogens with zero attached hydrogens (tertiary/aromatic N) is 2. The molecular formula is C10H15N3S. The number of aryl methyl sites for hydroxylation is 1. The minimum Gasteiger partial charge on any atom is -0.317 e. The van der Waals surface area contributed by atoms with Crippen molar-refractivity contribution >= 4 is 11.8 Å². The molecule has 0 amide bonds. The van der Waals surface area contributed by atoms with Crippen molar-refractivity contribution in [3.05, 3.63) is 18.1 Å². The second-order valence-corrected chi connectivity index (χ2v) is 4.80. The predicted octanol–water partition coefficient (Wildman–Crippen LogP) is 1.63. The molecule has 0 spiro atoms. The largest absolute Gasteiger partial charge is 0.317 e. The van der Waals surface area contributed by atoms with Gasteiger partial charge in [-0.15, -0.1) is 11.8 Å². The third-order valence-electron chi connectivity index (χ3n) is 2.40. The lowest BCUT2D eigenvalue weighted by Gasteiger charge is -2.21. The smallest absolute Gasteiger partial charge is 0.117 e. The highest BCUT2D eigenvalue weighted by molar-refractivity contribution is 7.99. The molecule has 0 bridgehead atoms. The highest BCUT2D eigenvalue weighted by Gasteiger charge is 2.15. The molecular weight excluding hydrogens is 194 g/mol. The molecule has 3 nitrogen and oxygen atoms in total. The van der Waals surface area contributed by atoms with Gasteiger partial charge in [0.2, 0.25) is 0 Å². The fourth-order valence-electron chi connectivity index (χ4n) is 1.58. The Morgan fingerprint density at radius 3 is 2.71 bits per heavy atom. The van der Waals surface area contributed by atoms with Crippen LogP contribution in [0.4, 0.5) is 0 Å². The fourth-order valence-corrected chi connectivity index (χ4v) is 2.71. The van der Waals surface area contributed by atoms with Gasteiger partial charge in [-0.1, -0.05) is 0 Å². The van der Waals surface area contributed by atoms with E-state index < -0.39 is 0 Å². The number of nitrogens with one attached hydrogen (secondary N) is 1. The molecule has 0 unspecified atom stereocenters. The number of hydrogen-bond donors (Lipinski definition) is 1. The number of hydrogen-bond acceptors (Lipinski definition) is 4. The average Bonchev–Trinajstić information content (AvgIpc) is 2.23. The first-order chi connectivity index (χ1) is 6.86. The zero-order valence-electron chi connectivity index (χ0n) is 8.36. The summed E-state index contributed by atoms with van der Waals surface area (Å²) >= 11 is 1.88. The van der Waals surface area contributed by atoms with E-state index in [2.05, 4.69) is 15.3 Å². The van der Waals surface area contributed by atoms with Gasteiger partial charge >= 0.3 is 0 Å². The number of piperidine rings is 1. The molecule has 2 heterocycles. The first kappa shape index (κ1) is 9.93. The number of rotatable bonds is 2. The quantitative estimate of drug-likeness (QED) is 0.803. The zero-order valence-corrected chi connectivity index (χ0v) is 9.18. The van der Waals surface area contributed by atoms with Crippen molar-refractivity contribution in [2.45, 2.75) is 30.0 Å². The highest BCUT2D eigenvalue weighted by atomic mass is 32.2. The Bertz CT molecular complexity index is 297. The van der Waals surface area contributed by atoms with Crippen LogP contribution in [0.15, 0.2) is 17.4 Å². The molecule has 1 aliphatic rings. The molecule has 0 radical (unpaired) electrons. The Hall–Kier alpha value is -0.610. The van der Waals surface area contributed by atoms with Crippen LogP contribution >= 0.6 is 11.8 Å². The van der Waals surface area contributed by atoms with Crippen LogP contribution < -0.4 is 5.32 Å². The van der Waals surface area contributed by atoms with Crippen LogP contribution in [-0.2, 0) is 0 Å². The van der Waals surface area contributed by atoms with Gasteiger partial charge in [-0.3, -0.25) is 4.98 Å². The summed E-state index contributed by atoms with van der Waals surface area (Å²) in [5.74, 6) is 0. The Balaban J connectivity index is 1.99. The average molecular weight is 209 g/mol. The summed E-state index contributed by atoms with van der Waals surface area (Å²) in [6.07, 6.45) is 6.00. The molecule has 1 aromatic heterocycles. The first-order valence-corrected chi connectivity index (χ1v) is 5.89. The molecule has 1 saturated heterocycles. The van der Waals surface area contributed by atoms with E-state index in [1.54, 1.807) is 12.4 Å².